The Kier molecular flexibility index (Phi) is 6.43. The standard InChI is InChI=1S/C16H18ClN3O2S/c1-11-9-12(17)4-5-14(11)19-10-15(21)20-16(22)18-7-6-13-3-2-8-23-13/h2-5,8-9,19H,6-7,10H2,1H3,(H2,18,20,21,22). The van der Waals surface area contributed by atoms with Crippen LogP contribution in [0.5, 0.6) is 0 Å². The molecule has 0 radical (unpaired) electrons. The average molecular weight is 352 g/mol. The van der Waals surface area contributed by atoms with Crippen molar-refractivity contribution in [2.24, 2.45) is 0 Å². The number of carbonyl (C=O) groups is 2. The van der Waals surface area contributed by atoms with Crippen LogP contribution >= 0.6 is 22.9 Å². The molecule has 3 N–H and O–H groups in total. The number of nitrogens with one attached hydrogen (secondary N) is 3. The molecule has 0 saturated carbocycles. The number of carbonyl (C=O) groups excluding carboxylic acids is 2. The normalized spacial score (nSPS) is 10.2. The molecule has 0 aliphatic rings. The summed E-state index contributed by atoms with van der Waals surface area (Å²) >= 11 is 7.51. The van der Waals surface area contributed by atoms with E-state index in [4.69, 9.17) is 11.6 Å². The van der Waals surface area contributed by atoms with Gasteiger partial charge >= 0.3 is 6.03 Å². The van der Waals surface area contributed by atoms with Gasteiger partial charge in [0.15, 0.2) is 0 Å². The Bertz CT molecular complexity index is 674. The van der Waals surface area contributed by atoms with Crippen LogP contribution in [-0.4, -0.2) is 25.0 Å². The van der Waals surface area contributed by atoms with Crippen molar-refractivity contribution in [1.82, 2.24) is 10.6 Å². The Balaban J connectivity index is 1.68. The molecule has 0 spiro atoms. The fourth-order valence-electron chi connectivity index (χ4n) is 1.97. The van der Waals surface area contributed by atoms with Crippen LogP contribution in [0.1, 0.15) is 10.4 Å². The molecule has 7 heteroatoms. The largest absolute Gasteiger partial charge is 0.376 e. The lowest BCUT2D eigenvalue weighted by Gasteiger charge is -2.10. The highest BCUT2D eigenvalue weighted by molar-refractivity contribution is 7.09. The Morgan fingerprint density at radius 3 is 2.78 bits per heavy atom. The first-order chi connectivity index (χ1) is 11.0. The zero-order chi connectivity index (χ0) is 16.7. The number of thiophene rings is 1. The van der Waals surface area contributed by atoms with E-state index in [0.29, 0.717) is 11.6 Å². The highest BCUT2D eigenvalue weighted by Crippen LogP contribution is 2.19. The number of amides is 3. The summed E-state index contributed by atoms with van der Waals surface area (Å²) in [4.78, 5) is 24.5. The molecule has 0 fully saturated rings. The number of halogens is 1. The van der Waals surface area contributed by atoms with Crippen LogP contribution in [0.3, 0.4) is 0 Å². The molecule has 0 atom stereocenters. The highest BCUT2D eigenvalue weighted by atomic mass is 35.5. The summed E-state index contributed by atoms with van der Waals surface area (Å²) in [5.74, 6) is -0.395. The maximum absolute atomic E-state index is 11.7. The minimum absolute atomic E-state index is 0.0147. The van der Waals surface area contributed by atoms with Gasteiger partial charge in [-0.1, -0.05) is 17.7 Å². The van der Waals surface area contributed by atoms with Gasteiger partial charge in [-0.2, -0.15) is 0 Å². The molecule has 0 bridgehead atoms. The number of anilines is 1. The fourth-order valence-corrected chi connectivity index (χ4v) is 2.91. The van der Waals surface area contributed by atoms with Crippen LogP contribution in [0.4, 0.5) is 10.5 Å². The van der Waals surface area contributed by atoms with E-state index in [1.165, 1.54) is 4.88 Å². The lowest BCUT2D eigenvalue weighted by Crippen LogP contribution is -2.42. The van der Waals surface area contributed by atoms with Gasteiger partial charge < -0.3 is 10.6 Å². The van der Waals surface area contributed by atoms with Crippen molar-refractivity contribution >= 4 is 40.6 Å². The van der Waals surface area contributed by atoms with E-state index in [1.807, 2.05) is 24.4 Å². The first-order valence-corrected chi connectivity index (χ1v) is 8.40. The van der Waals surface area contributed by atoms with E-state index in [-0.39, 0.29) is 6.54 Å². The molecule has 2 rings (SSSR count). The molecule has 0 aliphatic heterocycles. The number of urea groups is 1. The second-order valence-electron chi connectivity index (χ2n) is 4.95. The molecular weight excluding hydrogens is 334 g/mol. The summed E-state index contributed by atoms with van der Waals surface area (Å²) in [5, 5.41) is 10.6. The summed E-state index contributed by atoms with van der Waals surface area (Å²) in [5.41, 5.74) is 1.74. The Hall–Kier alpha value is -2.05. The third-order valence-corrected chi connectivity index (χ3v) is 4.29. The second-order valence-corrected chi connectivity index (χ2v) is 6.41. The number of hydrogen-bond acceptors (Lipinski definition) is 4. The molecule has 3 amide bonds. The maximum atomic E-state index is 11.7. The van der Waals surface area contributed by atoms with Crippen LogP contribution in [-0.2, 0) is 11.2 Å². The fraction of sp³-hybridized carbons (Fsp3) is 0.250. The quantitative estimate of drug-likeness (QED) is 0.748. The van der Waals surface area contributed by atoms with Crippen molar-refractivity contribution in [2.45, 2.75) is 13.3 Å². The van der Waals surface area contributed by atoms with E-state index < -0.39 is 11.9 Å². The van der Waals surface area contributed by atoms with Crippen molar-refractivity contribution in [2.75, 3.05) is 18.4 Å². The number of aryl methyl sites for hydroxylation is 1. The molecule has 23 heavy (non-hydrogen) atoms. The monoisotopic (exact) mass is 351 g/mol. The maximum Gasteiger partial charge on any atom is 0.321 e. The van der Waals surface area contributed by atoms with Gasteiger partial charge in [0.05, 0.1) is 6.54 Å². The third-order valence-electron chi connectivity index (χ3n) is 3.12. The minimum atomic E-state index is -0.485. The first kappa shape index (κ1) is 17.3. The lowest BCUT2D eigenvalue weighted by molar-refractivity contribution is -0.118. The number of rotatable bonds is 6. The molecule has 122 valence electrons. The van der Waals surface area contributed by atoms with E-state index >= 15 is 0 Å². The predicted molar refractivity (Wildman–Crippen MR) is 94.2 cm³/mol. The Morgan fingerprint density at radius 2 is 2.09 bits per heavy atom. The zero-order valence-electron chi connectivity index (χ0n) is 12.7. The number of imide groups is 1. The topological polar surface area (TPSA) is 70.2 Å². The van der Waals surface area contributed by atoms with Gasteiger partial charge in [0, 0.05) is 22.1 Å². The summed E-state index contributed by atoms with van der Waals surface area (Å²) in [6.45, 7) is 2.40. The van der Waals surface area contributed by atoms with Crippen molar-refractivity contribution < 1.29 is 9.59 Å². The predicted octanol–water partition coefficient (Wildman–Crippen LogP) is 3.19. The number of hydrogen-bond donors (Lipinski definition) is 3. The summed E-state index contributed by atoms with van der Waals surface area (Å²) in [6, 6.07) is 8.83. The smallest absolute Gasteiger partial charge is 0.321 e. The molecule has 2 aromatic rings. The minimum Gasteiger partial charge on any atom is -0.376 e. The molecule has 1 aromatic heterocycles. The zero-order valence-corrected chi connectivity index (χ0v) is 14.3. The van der Waals surface area contributed by atoms with Gasteiger partial charge in [0.2, 0.25) is 5.91 Å². The van der Waals surface area contributed by atoms with E-state index in [2.05, 4.69) is 16.0 Å². The molecular formula is C16H18ClN3O2S. The van der Waals surface area contributed by atoms with Crippen LogP contribution < -0.4 is 16.0 Å². The average Bonchev–Trinajstić information content (AvgIpc) is 2.99. The summed E-state index contributed by atoms with van der Waals surface area (Å²) in [6.07, 6.45) is 0.751. The Morgan fingerprint density at radius 1 is 1.26 bits per heavy atom. The van der Waals surface area contributed by atoms with Crippen LogP contribution in [0.15, 0.2) is 35.7 Å². The molecule has 1 heterocycles. The highest BCUT2D eigenvalue weighted by Gasteiger charge is 2.08. The first-order valence-electron chi connectivity index (χ1n) is 7.14. The van der Waals surface area contributed by atoms with Gasteiger partial charge in [0.25, 0.3) is 0 Å². The SMILES string of the molecule is Cc1cc(Cl)ccc1NCC(=O)NC(=O)NCCc1cccs1. The molecule has 0 aliphatic carbocycles. The van der Waals surface area contributed by atoms with Crippen LogP contribution in [0.2, 0.25) is 5.02 Å². The van der Waals surface area contributed by atoms with Gasteiger partial charge in [-0.15, -0.1) is 11.3 Å². The van der Waals surface area contributed by atoms with Crippen molar-refractivity contribution in [3.8, 4) is 0 Å². The number of benzene rings is 1. The van der Waals surface area contributed by atoms with Crippen molar-refractivity contribution in [3.05, 3.63) is 51.2 Å². The lowest BCUT2D eigenvalue weighted by atomic mass is 10.2. The van der Waals surface area contributed by atoms with E-state index in [0.717, 1.165) is 17.7 Å². The third kappa shape index (κ3) is 5.92. The van der Waals surface area contributed by atoms with E-state index in [1.54, 1.807) is 29.5 Å². The van der Waals surface area contributed by atoms with Crippen LogP contribution in [0.25, 0.3) is 0 Å². The van der Waals surface area contributed by atoms with E-state index in [9.17, 15) is 9.59 Å². The second kappa shape index (κ2) is 8.55. The molecule has 0 saturated heterocycles. The van der Waals surface area contributed by atoms with Gasteiger partial charge in [-0.25, -0.2) is 4.79 Å². The van der Waals surface area contributed by atoms with Crippen molar-refractivity contribution in [1.29, 1.82) is 0 Å². The van der Waals surface area contributed by atoms with Gasteiger partial charge in [-0.3, -0.25) is 10.1 Å². The Labute approximate surface area is 144 Å². The molecule has 1 aromatic carbocycles. The van der Waals surface area contributed by atoms with Gasteiger partial charge in [0.1, 0.15) is 0 Å². The van der Waals surface area contributed by atoms with Crippen molar-refractivity contribution in [3.63, 3.8) is 0 Å². The summed E-state index contributed by atoms with van der Waals surface area (Å²) < 4.78 is 0. The van der Waals surface area contributed by atoms with Gasteiger partial charge in [-0.05, 0) is 48.6 Å². The molecule has 5 nitrogen and oxygen atoms in total. The molecule has 0 unspecified atom stereocenters. The van der Waals surface area contributed by atoms with Crippen LogP contribution in [0, 0.1) is 6.92 Å². The summed E-state index contributed by atoms with van der Waals surface area (Å²) in [7, 11) is 0.